The van der Waals surface area contributed by atoms with E-state index in [1.54, 1.807) is 13.3 Å². The summed E-state index contributed by atoms with van der Waals surface area (Å²) in [7, 11) is 3.74. The molecule has 3 atom stereocenters. The van der Waals surface area contributed by atoms with Gasteiger partial charge < -0.3 is 24.5 Å². The maximum atomic E-state index is 13.9. The molecule has 2 aliphatic carbocycles. The van der Waals surface area contributed by atoms with Gasteiger partial charge in [0.05, 0.1) is 17.2 Å². The molecule has 1 N–H and O–H groups in total. The lowest BCUT2D eigenvalue weighted by Crippen LogP contribution is -2.46. The van der Waals surface area contributed by atoms with Crippen LogP contribution in [0, 0.1) is 17.6 Å². The number of piperazine rings is 1. The molecule has 0 spiro atoms. The van der Waals surface area contributed by atoms with Crippen LogP contribution in [0.25, 0.3) is 11.0 Å². The van der Waals surface area contributed by atoms with E-state index in [1.165, 1.54) is 24.1 Å². The molecule has 3 fully saturated rings. The summed E-state index contributed by atoms with van der Waals surface area (Å²) in [5, 5.41) is 3.93. The highest BCUT2D eigenvalue weighted by Crippen LogP contribution is 2.63. The van der Waals surface area contributed by atoms with Crippen LogP contribution in [-0.4, -0.2) is 85.5 Å². The van der Waals surface area contributed by atoms with Crippen molar-refractivity contribution in [3.63, 3.8) is 0 Å². The second-order valence-corrected chi connectivity index (χ2v) is 11.6. The largest absolute Gasteiger partial charge is 0.399 e. The summed E-state index contributed by atoms with van der Waals surface area (Å²) in [5.74, 6) is -0.368. The van der Waals surface area contributed by atoms with Crippen LogP contribution in [-0.2, 0) is 10.3 Å². The summed E-state index contributed by atoms with van der Waals surface area (Å²) >= 11 is 0. The molecule has 2 saturated carbocycles. The van der Waals surface area contributed by atoms with Gasteiger partial charge in [-0.3, -0.25) is 0 Å². The molecule has 6 rings (SSSR count). The number of likely N-dealkylation sites (N-methyl/N-ethyl adjacent to an activating group) is 1. The summed E-state index contributed by atoms with van der Waals surface area (Å²) in [6, 6.07) is 11.4. The minimum atomic E-state index is -0.861. The van der Waals surface area contributed by atoms with E-state index >= 15 is 0 Å². The average molecular weight is 537 g/mol. The van der Waals surface area contributed by atoms with E-state index in [0.717, 1.165) is 76.5 Å². The van der Waals surface area contributed by atoms with E-state index in [4.69, 9.17) is 9.82 Å². The molecule has 0 bridgehead atoms. The monoisotopic (exact) mass is 536 g/mol. The van der Waals surface area contributed by atoms with Crippen molar-refractivity contribution in [1.29, 1.82) is 0 Å². The Labute approximate surface area is 228 Å². The number of hydrogen-bond acceptors (Lipinski definition) is 6. The maximum Gasteiger partial charge on any atom is 0.204 e. The zero-order chi connectivity index (χ0) is 27.0. The quantitative estimate of drug-likeness (QED) is 0.315. The first-order chi connectivity index (χ1) is 18.9. The van der Waals surface area contributed by atoms with Crippen molar-refractivity contribution in [3.05, 3.63) is 59.2 Å². The van der Waals surface area contributed by atoms with Crippen LogP contribution in [0.1, 0.15) is 43.2 Å². The van der Waals surface area contributed by atoms with Crippen molar-refractivity contribution in [3.8, 4) is 0 Å². The number of aromatic nitrogens is 2. The fourth-order valence-corrected chi connectivity index (χ4v) is 6.81. The maximum absolute atomic E-state index is 13.9. The normalized spacial score (nSPS) is 25.7. The van der Waals surface area contributed by atoms with Gasteiger partial charge in [0.2, 0.25) is 5.95 Å². The van der Waals surface area contributed by atoms with Gasteiger partial charge in [-0.2, -0.15) is 0 Å². The van der Waals surface area contributed by atoms with Gasteiger partial charge in [-0.05, 0) is 74.2 Å². The number of hydrogen-bond donors (Lipinski definition) is 1. The van der Waals surface area contributed by atoms with Crippen LogP contribution in [0.15, 0.2) is 41.6 Å². The number of anilines is 1. The molecule has 3 aromatic rings. The predicted octanol–water partition coefficient (Wildman–Crippen LogP) is 4.78. The van der Waals surface area contributed by atoms with Gasteiger partial charge in [0, 0.05) is 50.9 Å². The number of nitrogens with zero attached hydrogens (tertiary/aromatic N) is 5. The fourth-order valence-electron chi connectivity index (χ4n) is 6.81. The van der Waals surface area contributed by atoms with Gasteiger partial charge in [-0.1, -0.05) is 23.4 Å². The van der Waals surface area contributed by atoms with E-state index < -0.39 is 11.6 Å². The van der Waals surface area contributed by atoms with E-state index in [0.29, 0.717) is 23.0 Å². The molecule has 1 aromatic heterocycles. The van der Waals surface area contributed by atoms with Gasteiger partial charge in [0.25, 0.3) is 0 Å². The van der Waals surface area contributed by atoms with Crippen LogP contribution in [0.2, 0.25) is 0 Å². The number of oxime groups is 1. The molecule has 0 radical (unpaired) electrons. The minimum Gasteiger partial charge on any atom is -0.399 e. The summed E-state index contributed by atoms with van der Waals surface area (Å²) in [6.45, 7) is 6.32. The van der Waals surface area contributed by atoms with Crippen molar-refractivity contribution in [2.45, 2.75) is 43.6 Å². The molecule has 0 unspecified atom stereocenters. The summed E-state index contributed by atoms with van der Waals surface area (Å²) in [4.78, 5) is 20.2. The van der Waals surface area contributed by atoms with Gasteiger partial charge in [0.15, 0.2) is 11.6 Å². The number of imidazole rings is 1. The minimum absolute atomic E-state index is 0.235. The third-order valence-corrected chi connectivity index (χ3v) is 9.17. The van der Waals surface area contributed by atoms with E-state index in [9.17, 15) is 8.78 Å². The fraction of sp³-hybridized carbons (Fsp3) is 0.533. The Morgan fingerprint density at radius 3 is 2.79 bits per heavy atom. The van der Waals surface area contributed by atoms with Gasteiger partial charge >= 0.3 is 0 Å². The van der Waals surface area contributed by atoms with Crippen molar-refractivity contribution in [2.24, 2.45) is 11.1 Å². The lowest BCUT2D eigenvalue weighted by molar-refractivity contribution is 0.153. The molecule has 0 amide bonds. The number of H-pyrrole nitrogens is 1. The molecule has 1 aliphatic heterocycles. The van der Waals surface area contributed by atoms with Gasteiger partial charge in [-0.25, -0.2) is 13.8 Å². The number of benzene rings is 2. The van der Waals surface area contributed by atoms with E-state index in [1.807, 2.05) is 0 Å². The molecule has 7 nitrogen and oxygen atoms in total. The first kappa shape index (κ1) is 26.2. The molecule has 3 aliphatic rings. The lowest BCUT2D eigenvalue weighted by atomic mass is 9.80. The Hall–Kier alpha value is -3.04. The van der Waals surface area contributed by atoms with Crippen LogP contribution in [0.3, 0.4) is 0 Å². The summed E-state index contributed by atoms with van der Waals surface area (Å²) in [5.41, 5.74) is 3.70. The van der Waals surface area contributed by atoms with Gasteiger partial charge in [0.1, 0.15) is 7.11 Å². The van der Waals surface area contributed by atoms with Crippen LogP contribution in [0.5, 0.6) is 0 Å². The van der Waals surface area contributed by atoms with Crippen LogP contribution < -0.4 is 4.90 Å². The van der Waals surface area contributed by atoms with E-state index in [-0.39, 0.29) is 5.41 Å². The smallest absolute Gasteiger partial charge is 0.204 e. The van der Waals surface area contributed by atoms with Gasteiger partial charge in [-0.15, -0.1) is 0 Å². The first-order valence-corrected chi connectivity index (χ1v) is 14.1. The number of aromatic amines is 1. The van der Waals surface area contributed by atoms with Crippen LogP contribution in [0.4, 0.5) is 14.7 Å². The standard InChI is InChI=1S/C30H38F2N6O/c1-36-11-13-37(14-12-36)9-4-10-38(29-34-27-17-25(31)26(32)18-28(27)35-29)24-7-8-30(19-23(30)16-24)22-6-3-5-21(15-22)20-33-39-2/h3,5-6,15,17-18,20,23-24H,4,7-14,16,19H2,1-2H3,(H,34,35)/t23-,24+,30+/m0/s1. The first-order valence-electron chi connectivity index (χ1n) is 14.1. The zero-order valence-electron chi connectivity index (χ0n) is 22.9. The second-order valence-electron chi connectivity index (χ2n) is 11.6. The SMILES string of the molecule is CON=Cc1cccc([C@]23CC[C@@H](N(CCCN4CCN(C)CC4)c4nc5cc(F)c(F)cc5[nH]4)C[C@H]2C3)c1. The Morgan fingerprint density at radius 1 is 1.18 bits per heavy atom. The van der Waals surface area contributed by atoms with Crippen molar-refractivity contribution in [2.75, 3.05) is 58.3 Å². The van der Waals surface area contributed by atoms with E-state index in [2.05, 4.69) is 56.2 Å². The highest BCUT2D eigenvalue weighted by atomic mass is 19.2. The second kappa shape index (κ2) is 10.8. The average Bonchev–Trinajstić information content (AvgIpc) is 3.56. The zero-order valence-corrected chi connectivity index (χ0v) is 22.9. The molecular weight excluding hydrogens is 498 g/mol. The third-order valence-electron chi connectivity index (χ3n) is 9.17. The van der Waals surface area contributed by atoms with Crippen LogP contribution >= 0.6 is 0 Å². The van der Waals surface area contributed by atoms with Crippen molar-refractivity contribution < 1.29 is 13.6 Å². The predicted molar refractivity (Wildman–Crippen MR) is 150 cm³/mol. The molecule has 1 saturated heterocycles. The topological polar surface area (TPSA) is 60.0 Å². The van der Waals surface area contributed by atoms with Crippen molar-refractivity contribution >= 4 is 23.2 Å². The number of halogens is 2. The third kappa shape index (κ3) is 5.39. The summed E-state index contributed by atoms with van der Waals surface area (Å²) in [6.07, 6.45) is 7.24. The molecule has 2 aromatic carbocycles. The summed E-state index contributed by atoms with van der Waals surface area (Å²) < 4.78 is 27.9. The number of rotatable bonds is 9. The Kier molecular flexibility index (Phi) is 7.29. The molecule has 2 heterocycles. The highest BCUT2D eigenvalue weighted by molar-refractivity contribution is 5.79. The van der Waals surface area contributed by atoms with Crippen molar-refractivity contribution in [1.82, 2.24) is 19.8 Å². The highest BCUT2D eigenvalue weighted by Gasteiger charge is 2.58. The lowest BCUT2D eigenvalue weighted by Gasteiger charge is -2.38. The molecule has 208 valence electrons. The Bertz CT molecular complexity index is 1300. The Balaban J connectivity index is 1.19. The number of nitrogens with one attached hydrogen (secondary N) is 1. The molecule has 9 heteroatoms. The molecular formula is C30H38F2N6O. The number of fused-ring (bicyclic) bond motifs is 2. The molecule has 39 heavy (non-hydrogen) atoms. The Morgan fingerprint density at radius 2 is 2.00 bits per heavy atom.